The molecule has 3 aliphatic carbocycles. The molecule has 10 nitrogen and oxygen atoms in total. The first-order valence-electron chi connectivity index (χ1n) is 20.2. The van der Waals surface area contributed by atoms with Gasteiger partial charge in [0.2, 0.25) is 0 Å². The number of hydrogen-bond acceptors (Lipinski definition) is 10. The summed E-state index contributed by atoms with van der Waals surface area (Å²) in [4.78, 5) is 27.1. The lowest BCUT2D eigenvalue weighted by atomic mass is 9.47. The molecule has 306 valence electrons. The van der Waals surface area contributed by atoms with Crippen LogP contribution < -0.4 is 9.47 Å². The molecule has 0 aliphatic heterocycles. The smallest absolute Gasteiger partial charge is 0.310 e. The van der Waals surface area contributed by atoms with Gasteiger partial charge in [-0.05, 0) is 119 Å². The van der Waals surface area contributed by atoms with E-state index in [4.69, 9.17) is 18.9 Å². The Bertz CT molecular complexity index is 2130. The first-order valence-corrected chi connectivity index (χ1v) is 20.2. The maximum atomic E-state index is 13.9. The molecule has 4 aromatic carbocycles. The van der Waals surface area contributed by atoms with Gasteiger partial charge in [0.15, 0.2) is 23.0 Å². The number of phenols is 2. The lowest BCUT2D eigenvalue weighted by molar-refractivity contribution is -0.165. The van der Waals surface area contributed by atoms with Crippen LogP contribution in [-0.2, 0) is 51.4 Å². The molecule has 3 aliphatic rings. The van der Waals surface area contributed by atoms with Crippen molar-refractivity contribution in [1.82, 2.24) is 0 Å². The van der Waals surface area contributed by atoms with E-state index in [1.165, 1.54) is 21.1 Å². The summed E-state index contributed by atoms with van der Waals surface area (Å²) in [5.41, 5.74) is 5.66. The Balaban J connectivity index is 1.45. The molecule has 0 bridgehead atoms. The van der Waals surface area contributed by atoms with Gasteiger partial charge in [-0.15, -0.1) is 0 Å². The van der Waals surface area contributed by atoms with E-state index in [2.05, 4.69) is 24.3 Å². The van der Waals surface area contributed by atoms with Gasteiger partial charge in [0.25, 0.3) is 0 Å². The number of aromatic hydroxyl groups is 2. The number of benzene rings is 4. The minimum absolute atomic E-state index is 0.00207. The summed E-state index contributed by atoms with van der Waals surface area (Å²) >= 11 is 0. The van der Waals surface area contributed by atoms with Crippen LogP contribution >= 0.6 is 0 Å². The second kappa shape index (κ2) is 17.7. The van der Waals surface area contributed by atoms with Gasteiger partial charge in [0.1, 0.15) is 12.2 Å². The molecule has 7 rings (SSSR count). The number of aliphatic hydroxyl groups excluding tert-OH is 2. The number of methoxy groups -OCH3 is 2. The van der Waals surface area contributed by atoms with Crippen LogP contribution in [0.2, 0.25) is 0 Å². The van der Waals surface area contributed by atoms with Crippen molar-refractivity contribution in [2.24, 2.45) is 23.2 Å². The Morgan fingerprint density at radius 3 is 2.24 bits per heavy atom. The molecule has 0 radical (unpaired) electrons. The van der Waals surface area contributed by atoms with Crippen molar-refractivity contribution < 1.29 is 49.0 Å². The summed E-state index contributed by atoms with van der Waals surface area (Å²) in [6, 6.07) is 24.7. The Hall–Kier alpha value is -5.32. The van der Waals surface area contributed by atoms with Gasteiger partial charge in [0.05, 0.1) is 27.2 Å². The van der Waals surface area contributed by atoms with E-state index in [0.717, 1.165) is 33.4 Å². The van der Waals surface area contributed by atoms with Crippen molar-refractivity contribution >= 4 is 18.0 Å². The first kappa shape index (κ1) is 40.9. The molecular weight excluding hydrogens is 737 g/mol. The van der Waals surface area contributed by atoms with Gasteiger partial charge in [-0.3, -0.25) is 9.59 Å². The fraction of sp³-hybridized carbons (Fsp3) is 0.417. The Kier molecular flexibility index (Phi) is 12.4. The topological polar surface area (TPSA) is 152 Å². The normalized spacial score (nSPS) is 24.9. The summed E-state index contributed by atoms with van der Waals surface area (Å²) in [7, 11) is 3.05. The minimum Gasteiger partial charge on any atom is -0.504 e. The second-order valence-corrected chi connectivity index (χ2v) is 16.2. The molecular formula is C48H54O10. The summed E-state index contributed by atoms with van der Waals surface area (Å²) < 4.78 is 24.1. The molecule has 1 saturated carbocycles. The van der Waals surface area contributed by atoms with Crippen molar-refractivity contribution in [2.45, 2.75) is 83.0 Å². The van der Waals surface area contributed by atoms with Crippen LogP contribution in [0.25, 0.3) is 6.08 Å². The van der Waals surface area contributed by atoms with E-state index in [1.807, 2.05) is 36.4 Å². The standard InChI is InChI=1S/C48H54O10/c1-29(51)57-43-25-37(58-46(54)18-31-11-7-12-32(17-31)28-50)24-39-38-26-45(56-3)41(52)21-35(38)19-33(13-8-16-49)47(39)48(15-14-30-9-5-4-6-10-30)27-36-22-42(53)44(55-2)23-34(36)20-40(43)48/h4-7,9-12,14-15,17,21-23,26,33,37,39-40,43,47,49-50,52-53H,8,13,16,18-20,24-25,27-28H2,1-3H3/b15-14+/t33-,37-,39-,40+,43+,47+,48+/m0/s1. The van der Waals surface area contributed by atoms with Crippen LogP contribution in [0.5, 0.6) is 23.0 Å². The number of fused-ring (bicyclic) bond motifs is 6. The number of esters is 2. The Morgan fingerprint density at radius 2 is 1.53 bits per heavy atom. The average molecular weight is 791 g/mol. The minimum atomic E-state index is -0.683. The summed E-state index contributed by atoms with van der Waals surface area (Å²) in [5, 5.41) is 42.2. The number of carbonyl (C=O) groups is 2. The van der Waals surface area contributed by atoms with Gasteiger partial charge in [-0.2, -0.15) is 0 Å². The van der Waals surface area contributed by atoms with Crippen LogP contribution in [-0.4, -0.2) is 65.4 Å². The van der Waals surface area contributed by atoms with E-state index in [9.17, 15) is 30.0 Å². The zero-order chi connectivity index (χ0) is 41.0. The van der Waals surface area contributed by atoms with Gasteiger partial charge in [0, 0.05) is 31.3 Å². The van der Waals surface area contributed by atoms with Gasteiger partial charge < -0.3 is 39.4 Å². The summed E-state index contributed by atoms with van der Waals surface area (Å²) in [6.07, 6.45) is 6.62. The zero-order valence-corrected chi connectivity index (χ0v) is 33.4. The molecule has 10 heteroatoms. The second-order valence-electron chi connectivity index (χ2n) is 16.2. The third kappa shape index (κ3) is 8.45. The highest BCUT2D eigenvalue weighted by molar-refractivity contribution is 5.73. The quantitative estimate of drug-likeness (QED) is 0.108. The zero-order valence-electron chi connectivity index (χ0n) is 33.4. The Morgan fingerprint density at radius 1 is 0.810 bits per heavy atom. The summed E-state index contributed by atoms with van der Waals surface area (Å²) in [5.74, 6) is -0.780. The molecule has 0 spiro atoms. The number of ether oxygens (including phenoxy) is 4. The van der Waals surface area contributed by atoms with E-state index in [0.29, 0.717) is 55.6 Å². The SMILES string of the molecule is COc1cc2c(cc1O)C[C@@]1(/C=C/c3ccccc3)[C@@H]3[C@@H](CCCO)Cc4cc(O)c(OC)cc4[C@@H]3C[C@H](OC(=O)Cc3cccc(CO)c3)C[C@@H](OC(C)=O)[C@H]1C2. The third-order valence-electron chi connectivity index (χ3n) is 12.7. The fourth-order valence-corrected chi connectivity index (χ4v) is 10.5. The molecule has 0 unspecified atom stereocenters. The average Bonchev–Trinajstić information content (AvgIpc) is 3.20. The van der Waals surface area contributed by atoms with E-state index in [-0.39, 0.29) is 61.2 Å². The molecule has 0 amide bonds. The van der Waals surface area contributed by atoms with Crippen LogP contribution in [0.1, 0.15) is 77.5 Å². The number of phenolic OH excluding ortho intramolecular Hbond substituents is 2. The predicted molar refractivity (Wildman–Crippen MR) is 219 cm³/mol. The lowest BCUT2D eigenvalue weighted by Gasteiger charge is -2.58. The van der Waals surface area contributed by atoms with E-state index >= 15 is 0 Å². The van der Waals surface area contributed by atoms with E-state index in [1.54, 1.807) is 30.3 Å². The lowest BCUT2D eigenvalue weighted by Crippen LogP contribution is -2.56. The number of rotatable bonds is 12. The molecule has 7 atom stereocenters. The number of carbonyl (C=O) groups excluding carboxylic acids is 2. The predicted octanol–water partition coefficient (Wildman–Crippen LogP) is 7.25. The van der Waals surface area contributed by atoms with Crippen molar-refractivity contribution in [3.05, 3.63) is 124 Å². The van der Waals surface area contributed by atoms with Gasteiger partial charge in [-0.1, -0.05) is 66.7 Å². The van der Waals surface area contributed by atoms with Crippen molar-refractivity contribution in [3.63, 3.8) is 0 Å². The molecule has 58 heavy (non-hydrogen) atoms. The van der Waals surface area contributed by atoms with Gasteiger partial charge in [-0.25, -0.2) is 0 Å². The molecule has 4 N–H and O–H groups in total. The van der Waals surface area contributed by atoms with E-state index < -0.39 is 29.6 Å². The molecule has 0 saturated heterocycles. The van der Waals surface area contributed by atoms with Crippen molar-refractivity contribution in [2.75, 3.05) is 20.8 Å². The first-order chi connectivity index (χ1) is 28.0. The maximum Gasteiger partial charge on any atom is 0.310 e. The fourth-order valence-electron chi connectivity index (χ4n) is 10.5. The Labute approximate surface area is 340 Å². The monoisotopic (exact) mass is 790 g/mol. The van der Waals surface area contributed by atoms with Crippen LogP contribution in [0.3, 0.4) is 0 Å². The largest absolute Gasteiger partial charge is 0.504 e. The molecule has 1 fully saturated rings. The summed E-state index contributed by atoms with van der Waals surface area (Å²) in [6.45, 7) is 1.27. The highest BCUT2D eigenvalue weighted by Crippen LogP contribution is 2.62. The maximum absolute atomic E-state index is 13.9. The third-order valence-corrected chi connectivity index (χ3v) is 12.7. The van der Waals surface area contributed by atoms with Crippen LogP contribution in [0, 0.1) is 23.2 Å². The highest BCUT2D eigenvalue weighted by Gasteiger charge is 2.58. The van der Waals surface area contributed by atoms with Crippen LogP contribution in [0.4, 0.5) is 0 Å². The van der Waals surface area contributed by atoms with Gasteiger partial charge >= 0.3 is 11.9 Å². The van der Waals surface area contributed by atoms with Crippen molar-refractivity contribution in [1.29, 1.82) is 0 Å². The van der Waals surface area contributed by atoms with Crippen molar-refractivity contribution in [3.8, 4) is 23.0 Å². The highest BCUT2D eigenvalue weighted by atomic mass is 16.6. The van der Waals surface area contributed by atoms with Crippen LogP contribution in [0.15, 0.2) is 84.9 Å². The molecule has 0 heterocycles. The molecule has 4 aromatic rings. The molecule has 0 aromatic heterocycles. The number of aliphatic hydroxyl groups is 2. The number of allylic oxidation sites excluding steroid dienone is 1. The number of hydrogen-bond donors (Lipinski definition) is 4.